The Morgan fingerprint density at radius 2 is 0.581 bits per heavy atom. The third-order valence-electron chi connectivity index (χ3n) is 3.36. The molecule has 0 aliphatic rings. The van der Waals surface area contributed by atoms with Gasteiger partial charge < -0.3 is 0 Å². The molecule has 0 unspecified atom stereocenters. The van der Waals surface area contributed by atoms with E-state index < -0.39 is 58.2 Å². The fraction of sp³-hybridized carbons (Fsp3) is 0.900. The van der Waals surface area contributed by atoms with E-state index in [0.717, 1.165) is 15.9 Å². The number of alkyl halides is 19. The third kappa shape index (κ3) is 3.51. The largest absolute Gasteiger partial charge is 0.460 e. The molecule has 0 rings (SSSR count). The summed E-state index contributed by atoms with van der Waals surface area (Å²) in [5.74, 6) is -67.8. The Morgan fingerprint density at radius 3 is 0.774 bits per heavy atom. The van der Waals surface area contributed by atoms with Gasteiger partial charge >= 0.3 is 53.6 Å². The van der Waals surface area contributed by atoms with E-state index in [1.165, 1.54) is 0 Å². The summed E-state index contributed by atoms with van der Waals surface area (Å²) < 4.78 is 239. The third-order valence-corrected chi connectivity index (χ3v) is 3.86. The van der Waals surface area contributed by atoms with Crippen LogP contribution in [-0.2, 0) is 4.79 Å². The highest BCUT2D eigenvalue weighted by Gasteiger charge is 2.97. The molecule has 0 N–H and O–H groups in total. The molecular weight excluding hydrogens is 577 g/mol. The number of hydrogen-bond acceptors (Lipinski definition) is 1. The van der Waals surface area contributed by atoms with Crippen LogP contribution >= 0.6 is 15.9 Å². The minimum atomic E-state index is -8.99. The Morgan fingerprint density at radius 1 is 0.387 bits per heavy atom. The fourth-order valence-corrected chi connectivity index (χ4v) is 1.73. The molecular formula is C10BrF19O. The van der Waals surface area contributed by atoms with Gasteiger partial charge in [0.05, 0.1) is 0 Å². The predicted molar refractivity (Wildman–Crippen MR) is 59.6 cm³/mol. The molecule has 0 saturated heterocycles. The molecule has 0 heterocycles. The normalized spacial score (nSPS) is 16.5. The average Bonchev–Trinajstić information content (AvgIpc) is 2.52. The van der Waals surface area contributed by atoms with Gasteiger partial charge in [0.15, 0.2) is 0 Å². The molecule has 186 valence electrons. The molecule has 1 nitrogen and oxygen atoms in total. The second-order valence-corrected chi connectivity index (χ2v) is 6.09. The Balaban J connectivity index is 6.95. The summed E-state index contributed by atoms with van der Waals surface area (Å²) in [5, 5.41) is 0. The van der Waals surface area contributed by atoms with E-state index in [1.54, 1.807) is 0 Å². The van der Waals surface area contributed by atoms with Gasteiger partial charge in [0.25, 0.3) is 4.69 Å². The summed E-state index contributed by atoms with van der Waals surface area (Å²) in [4.78, 5) is 10.2. The summed E-state index contributed by atoms with van der Waals surface area (Å²) in [5.41, 5.74) is 0. The SMILES string of the molecule is O=C(Br)C(F)(F)C(F)(F)C(F)(F)C(F)(F)C(F)(F)C(F)(F)C(F)(F)C(F)(F)C(F)(F)F. The van der Waals surface area contributed by atoms with Gasteiger partial charge in [-0.3, -0.25) is 4.79 Å². The smallest absolute Gasteiger partial charge is 0.280 e. The molecule has 0 atom stereocenters. The number of carbonyl (C=O) groups is 1. The Kier molecular flexibility index (Phi) is 6.89. The van der Waals surface area contributed by atoms with Gasteiger partial charge in [-0.15, -0.1) is 0 Å². The first-order valence-corrected chi connectivity index (χ1v) is 7.03. The van der Waals surface area contributed by atoms with Crippen LogP contribution in [0.3, 0.4) is 0 Å². The van der Waals surface area contributed by atoms with Crippen LogP contribution in [0.4, 0.5) is 83.4 Å². The molecule has 0 bridgehead atoms. The molecule has 0 aliphatic carbocycles. The van der Waals surface area contributed by atoms with Gasteiger partial charge in [-0.05, 0) is 15.9 Å². The highest BCUT2D eigenvalue weighted by molar-refractivity contribution is 9.18. The molecule has 0 aromatic heterocycles. The van der Waals surface area contributed by atoms with Crippen molar-refractivity contribution in [1.82, 2.24) is 0 Å². The second kappa shape index (κ2) is 7.16. The zero-order valence-corrected chi connectivity index (χ0v) is 14.6. The van der Waals surface area contributed by atoms with Crippen molar-refractivity contribution in [2.45, 2.75) is 53.6 Å². The summed E-state index contributed by atoms with van der Waals surface area (Å²) in [6, 6.07) is 0. The van der Waals surface area contributed by atoms with Crippen LogP contribution in [-0.4, -0.2) is 58.2 Å². The first-order valence-electron chi connectivity index (χ1n) is 6.23. The first kappa shape index (κ1) is 29.8. The van der Waals surface area contributed by atoms with E-state index in [-0.39, 0.29) is 0 Å². The lowest BCUT2D eigenvalue weighted by Gasteiger charge is -2.43. The Bertz CT molecular complexity index is 703. The van der Waals surface area contributed by atoms with Crippen LogP contribution in [0.1, 0.15) is 0 Å². The predicted octanol–water partition coefficient (Wildman–Crippen LogP) is 6.55. The molecule has 0 saturated carbocycles. The van der Waals surface area contributed by atoms with Crippen molar-refractivity contribution in [3.8, 4) is 0 Å². The molecule has 0 amide bonds. The number of hydrogen-bond donors (Lipinski definition) is 0. The van der Waals surface area contributed by atoms with Crippen molar-refractivity contribution in [2.75, 3.05) is 0 Å². The average molecular weight is 577 g/mol. The van der Waals surface area contributed by atoms with Gasteiger partial charge in [0.2, 0.25) is 0 Å². The van der Waals surface area contributed by atoms with Gasteiger partial charge in [0.1, 0.15) is 0 Å². The van der Waals surface area contributed by atoms with Gasteiger partial charge in [0, 0.05) is 0 Å². The molecule has 0 fully saturated rings. The Hall–Kier alpha value is -1.18. The van der Waals surface area contributed by atoms with E-state index in [4.69, 9.17) is 0 Å². The summed E-state index contributed by atoms with van der Waals surface area (Å²) in [6.07, 6.45) is -7.92. The maximum absolute atomic E-state index is 13.2. The van der Waals surface area contributed by atoms with E-state index in [1.807, 2.05) is 0 Å². The van der Waals surface area contributed by atoms with Crippen molar-refractivity contribution < 1.29 is 88.2 Å². The van der Waals surface area contributed by atoms with Crippen molar-refractivity contribution in [1.29, 1.82) is 0 Å². The minimum Gasteiger partial charge on any atom is -0.280 e. The van der Waals surface area contributed by atoms with Crippen molar-refractivity contribution >= 4 is 20.6 Å². The highest BCUT2D eigenvalue weighted by Crippen LogP contribution is 2.65. The molecule has 0 aromatic carbocycles. The zero-order chi connectivity index (χ0) is 26.1. The molecule has 31 heavy (non-hydrogen) atoms. The summed E-state index contributed by atoms with van der Waals surface area (Å²) in [6.45, 7) is 0. The first-order chi connectivity index (χ1) is 12.9. The van der Waals surface area contributed by atoms with Crippen molar-refractivity contribution in [3.05, 3.63) is 0 Å². The van der Waals surface area contributed by atoms with E-state index in [2.05, 4.69) is 0 Å². The van der Waals surface area contributed by atoms with Crippen LogP contribution < -0.4 is 0 Å². The zero-order valence-electron chi connectivity index (χ0n) is 13.0. The van der Waals surface area contributed by atoms with E-state index in [9.17, 15) is 88.2 Å². The monoisotopic (exact) mass is 576 g/mol. The number of rotatable bonds is 8. The lowest BCUT2D eigenvalue weighted by molar-refractivity contribution is -0.466. The van der Waals surface area contributed by atoms with Crippen LogP contribution in [0, 0.1) is 0 Å². The molecule has 0 aromatic rings. The van der Waals surface area contributed by atoms with Crippen molar-refractivity contribution in [3.63, 3.8) is 0 Å². The molecule has 21 heteroatoms. The number of halogens is 20. The number of carbonyl (C=O) groups excluding carboxylic acids is 1. The highest BCUT2D eigenvalue weighted by atomic mass is 79.9. The Labute approximate surface area is 163 Å². The van der Waals surface area contributed by atoms with Gasteiger partial charge in [-0.1, -0.05) is 0 Å². The summed E-state index contributed by atoms with van der Waals surface area (Å²) in [7, 11) is 0. The fourth-order valence-electron chi connectivity index (χ4n) is 1.48. The van der Waals surface area contributed by atoms with Crippen molar-refractivity contribution in [2.24, 2.45) is 0 Å². The minimum absolute atomic E-state index is 0.834. The summed E-state index contributed by atoms with van der Waals surface area (Å²) >= 11 is 0.834. The maximum Gasteiger partial charge on any atom is 0.460 e. The van der Waals surface area contributed by atoms with Gasteiger partial charge in [-0.25, -0.2) is 0 Å². The topological polar surface area (TPSA) is 17.1 Å². The van der Waals surface area contributed by atoms with Crippen LogP contribution in [0.5, 0.6) is 0 Å². The van der Waals surface area contributed by atoms with E-state index in [0.29, 0.717) is 0 Å². The van der Waals surface area contributed by atoms with Crippen LogP contribution in [0.25, 0.3) is 0 Å². The lowest BCUT2D eigenvalue weighted by Crippen LogP contribution is -2.76. The van der Waals surface area contributed by atoms with E-state index >= 15 is 0 Å². The molecule has 0 spiro atoms. The van der Waals surface area contributed by atoms with Crippen LogP contribution in [0.2, 0.25) is 0 Å². The molecule has 0 radical (unpaired) electrons. The standard InChI is InChI=1S/C10BrF19O/c11-1(31)2(12,13)3(14,15)4(16,17)5(18,19)6(20,21)7(22,23)8(24,25)9(26,27)10(28,29)30. The van der Waals surface area contributed by atoms with Gasteiger partial charge in [-0.2, -0.15) is 83.4 Å². The van der Waals surface area contributed by atoms with Crippen LogP contribution in [0.15, 0.2) is 0 Å². The maximum atomic E-state index is 13.2. The lowest BCUT2D eigenvalue weighted by atomic mass is 9.87. The molecule has 0 aliphatic heterocycles. The quantitative estimate of drug-likeness (QED) is 0.237. The second-order valence-electron chi connectivity index (χ2n) is 5.37.